The van der Waals surface area contributed by atoms with Crippen molar-refractivity contribution >= 4 is 17.8 Å². The Labute approximate surface area is 166 Å². The predicted octanol–water partition coefficient (Wildman–Crippen LogP) is 2.48. The Hall–Kier alpha value is -2.24. The molecule has 0 bridgehead atoms. The van der Waals surface area contributed by atoms with E-state index in [0.717, 1.165) is 53.8 Å². The third-order valence-corrected chi connectivity index (χ3v) is 4.79. The molecule has 3 rings (SSSR count). The number of rotatable bonds is 7. The number of ether oxygens (including phenoxy) is 2. The highest BCUT2D eigenvalue weighted by Crippen LogP contribution is 2.29. The monoisotopic (exact) mass is 388 g/mol. The summed E-state index contributed by atoms with van der Waals surface area (Å²) in [6, 6.07) is 13.6. The van der Waals surface area contributed by atoms with Gasteiger partial charge in [-0.3, -0.25) is 5.01 Å². The SMILES string of the molecule is CCOc1cc(/C=N\N2CC[NH+](C)CC2)ccc1OCc1ccc(Cl)cc1. The lowest BCUT2D eigenvalue weighted by atomic mass is 10.2. The highest BCUT2D eigenvalue weighted by Gasteiger charge is 2.14. The molecule has 0 unspecified atom stereocenters. The first-order valence-electron chi connectivity index (χ1n) is 9.38. The van der Waals surface area contributed by atoms with Gasteiger partial charge in [0.2, 0.25) is 0 Å². The Morgan fingerprint density at radius 2 is 1.81 bits per heavy atom. The van der Waals surface area contributed by atoms with Crippen molar-refractivity contribution in [1.82, 2.24) is 5.01 Å². The molecule has 0 radical (unpaired) electrons. The van der Waals surface area contributed by atoms with Crippen LogP contribution in [0.3, 0.4) is 0 Å². The fraction of sp³-hybridized carbons (Fsp3) is 0.381. The summed E-state index contributed by atoms with van der Waals surface area (Å²) in [4.78, 5) is 1.56. The minimum Gasteiger partial charge on any atom is -0.490 e. The molecule has 0 aliphatic carbocycles. The van der Waals surface area contributed by atoms with E-state index in [1.54, 1.807) is 4.90 Å². The van der Waals surface area contributed by atoms with Crippen molar-refractivity contribution in [3.63, 3.8) is 0 Å². The number of hydrogen-bond donors (Lipinski definition) is 1. The highest BCUT2D eigenvalue weighted by molar-refractivity contribution is 6.30. The lowest BCUT2D eigenvalue weighted by molar-refractivity contribution is -0.884. The largest absolute Gasteiger partial charge is 0.490 e. The minimum absolute atomic E-state index is 0.467. The molecule has 0 spiro atoms. The molecule has 1 fully saturated rings. The lowest BCUT2D eigenvalue weighted by Gasteiger charge is -2.27. The zero-order chi connectivity index (χ0) is 19.1. The van der Waals surface area contributed by atoms with Crippen molar-refractivity contribution in [3.8, 4) is 11.5 Å². The van der Waals surface area contributed by atoms with E-state index >= 15 is 0 Å². The Morgan fingerprint density at radius 1 is 1.07 bits per heavy atom. The quantitative estimate of drug-likeness (QED) is 0.740. The molecule has 1 heterocycles. The van der Waals surface area contributed by atoms with Gasteiger partial charge in [-0.2, -0.15) is 5.10 Å². The number of likely N-dealkylation sites (N-methyl/N-ethyl adjacent to an activating group) is 1. The summed E-state index contributed by atoms with van der Waals surface area (Å²) < 4.78 is 11.7. The maximum atomic E-state index is 5.95. The molecule has 27 heavy (non-hydrogen) atoms. The summed E-state index contributed by atoms with van der Waals surface area (Å²) in [5, 5.41) is 7.45. The molecular weight excluding hydrogens is 362 g/mol. The number of piperazine rings is 1. The molecule has 0 aromatic heterocycles. The fourth-order valence-electron chi connectivity index (χ4n) is 2.87. The summed E-state index contributed by atoms with van der Waals surface area (Å²) in [5.74, 6) is 1.46. The highest BCUT2D eigenvalue weighted by atomic mass is 35.5. The second-order valence-corrected chi connectivity index (χ2v) is 7.15. The number of hydrazone groups is 1. The summed E-state index contributed by atoms with van der Waals surface area (Å²) >= 11 is 5.93. The zero-order valence-electron chi connectivity index (χ0n) is 16.0. The van der Waals surface area contributed by atoms with Crippen LogP contribution in [-0.2, 0) is 6.61 Å². The molecule has 0 atom stereocenters. The van der Waals surface area contributed by atoms with Crippen LogP contribution >= 0.6 is 11.6 Å². The first-order valence-corrected chi connectivity index (χ1v) is 9.76. The van der Waals surface area contributed by atoms with Crippen LogP contribution in [0.25, 0.3) is 0 Å². The molecule has 1 N–H and O–H groups in total. The second kappa shape index (κ2) is 9.62. The molecule has 1 aliphatic rings. The molecule has 1 aliphatic heterocycles. The predicted molar refractivity (Wildman–Crippen MR) is 109 cm³/mol. The van der Waals surface area contributed by atoms with Gasteiger partial charge in [0.05, 0.1) is 46.0 Å². The maximum absolute atomic E-state index is 5.95. The Kier molecular flexibility index (Phi) is 6.96. The standard InChI is InChI=1S/C21H26ClN3O2/c1-3-26-21-14-18(15-23-25-12-10-24(2)11-13-25)6-9-20(21)27-16-17-4-7-19(22)8-5-17/h4-9,14-15H,3,10-13,16H2,1-2H3/p+1/b23-15-. The number of nitrogens with one attached hydrogen (secondary N) is 1. The van der Waals surface area contributed by atoms with Gasteiger partial charge in [0, 0.05) is 5.02 Å². The molecule has 2 aromatic rings. The molecule has 0 saturated carbocycles. The van der Waals surface area contributed by atoms with Crippen molar-refractivity contribution in [1.29, 1.82) is 0 Å². The van der Waals surface area contributed by atoms with Gasteiger partial charge >= 0.3 is 0 Å². The van der Waals surface area contributed by atoms with E-state index in [-0.39, 0.29) is 0 Å². The normalized spacial score (nSPS) is 15.3. The topological polar surface area (TPSA) is 38.5 Å². The van der Waals surface area contributed by atoms with Crippen LogP contribution in [0.5, 0.6) is 11.5 Å². The average molecular weight is 389 g/mol. The Balaban J connectivity index is 1.65. The van der Waals surface area contributed by atoms with Gasteiger partial charge in [0.1, 0.15) is 6.61 Å². The summed E-state index contributed by atoms with van der Waals surface area (Å²) in [7, 11) is 2.22. The summed E-state index contributed by atoms with van der Waals surface area (Å²) in [6.45, 7) is 7.24. The maximum Gasteiger partial charge on any atom is 0.161 e. The summed E-state index contributed by atoms with van der Waals surface area (Å²) in [6.07, 6.45) is 1.89. The van der Waals surface area contributed by atoms with Crippen molar-refractivity contribution in [2.24, 2.45) is 5.10 Å². The van der Waals surface area contributed by atoms with Crippen LogP contribution < -0.4 is 14.4 Å². The number of nitrogens with zero attached hydrogens (tertiary/aromatic N) is 2. The average Bonchev–Trinajstić information content (AvgIpc) is 2.68. The summed E-state index contributed by atoms with van der Waals surface area (Å²) in [5.41, 5.74) is 2.06. The van der Waals surface area contributed by atoms with Crippen LogP contribution in [0.2, 0.25) is 5.02 Å². The second-order valence-electron chi connectivity index (χ2n) is 6.71. The van der Waals surface area contributed by atoms with E-state index in [4.69, 9.17) is 21.1 Å². The number of quaternary nitrogens is 1. The molecule has 5 nitrogen and oxygen atoms in total. The molecular formula is C21H27ClN3O2+. The van der Waals surface area contributed by atoms with Crippen molar-refractivity contribution in [2.45, 2.75) is 13.5 Å². The van der Waals surface area contributed by atoms with E-state index in [0.29, 0.717) is 13.2 Å². The van der Waals surface area contributed by atoms with Gasteiger partial charge in [0.25, 0.3) is 0 Å². The first kappa shape index (κ1) is 19.5. The van der Waals surface area contributed by atoms with Crippen LogP contribution in [0.15, 0.2) is 47.6 Å². The number of hydrogen-bond acceptors (Lipinski definition) is 4. The van der Waals surface area contributed by atoms with Gasteiger partial charge in [-0.05, 0) is 48.4 Å². The smallest absolute Gasteiger partial charge is 0.161 e. The van der Waals surface area contributed by atoms with Gasteiger partial charge < -0.3 is 14.4 Å². The van der Waals surface area contributed by atoms with E-state index in [2.05, 4.69) is 17.2 Å². The van der Waals surface area contributed by atoms with Crippen molar-refractivity contribution in [2.75, 3.05) is 39.8 Å². The Morgan fingerprint density at radius 3 is 2.52 bits per heavy atom. The van der Waals surface area contributed by atoms with Crippen LogP contribution in [0.1, 0.15) is 18.1 Å². The number of benzene rings is 2. The van der Waals surface area contributed by atoms with Gasteiger partial charge in [-0.15, -0.1) is 0 Å². The minimum atomic E-state index is 0.467. The van der Waals surface area contributed by atoms with Gasteiger partial charge in [-0.25, -0.2) is 0 Å². The molecule has 2 aromatic carbocycles. The zero-order valence-corrected chi connectivity index (χ0v) is 16.7. The van der Waals surface area contributed by atoms with E-state index in [1.165, 1.54) is 0 Å². The first-order chi connectivity index (χ1) is 13.1. The molecule has 1 saturated heterocycles. The van der Waals surface area contributed by atoms with E-state index < -0.39 is 0 Å². The van der Waals surface area contributed by atoms with Crippen LogP contribution in [0, 0.1) is 0 Å². The van der Waals surface area contributed by atoms with Gasteiger partial charge in [-0.1, -0.05) is 23.7 Å². The van der Waals surface area contributed by atoms with Crippen LogP contribution in [0.4, 0.5) is 0 Å². The third-order valence-electron chi connectivity index (χ3n) is 4.54. The van der Waals surface area contributed by atoms with Crippen molar-refractivity contribution < 1.29 is 14.4 Å². The molecule has 6 heteroatoms. The van der Waals surface area contributed by atoms with Crippen LogP contribution in [-0.4, -0.2) is 51.1 Å². The Bertz CT molecular complexity index is 757. The third kappa shape index (κ3) is 5.88. The number of halogens is 1. The molecule has 144 valence electrons. The van der Waals surface area contributed by atoms with E-state index in [9.17, 15) is 0 Å². The fourth-order valence-corrected chi connectivity index (χ4v) is 3.00. The van der Waals surface area contributed by atoms with Crippen molar-refractivity contribution in [3.05, 3.63) is 58.6 Å². The van der Waals surface area contributed by atoms with E-state index in [1.807, 2.05) is 55.6 Å². The molecule has 0 amide bonds. The van der Waals surface area contributed by atoms with Gasteiger partial charge in [0.15, 0.2) is 11.5 Å². The lowest BCUT2D eigenvalue weighted by Crippen LogP contribution is -3.11.